The van der Waals surface area contributed by atoms with Crippen molar-refractivity contribution in [1.82, 2.24) is 0 Å². The van der Waals surface area contributed by atoms with Gasteiger partial charge in [-0.1, -0.05) is 0 Å². The first-order chi connectivity index (χ1) is 1.41. The zero-order chi connectivity index (χ0) is 2.71. The van der Waals surface area contributed by atoms with Crippen LogP contribution in [0.5, 0.6) is 0 Å². The third kappa shape index (κ3) is 4520. The van der Waals surface area contributed by atoms with Crippen molar-refractivity contribution in [2.24, 2.45) is 0 Å². The summed E-state index contributed by atoms with van der Waals surface area (Å²) in [5.41, 5.74) is 0. The molecule has 0 spiro atoms. The van der Waals surface area contributed by atoms with Crippen LogP contribution in [-0.2, 0) is 21.1 Å². The first kappa shape index (κ1) is 167. The molecular formula is H14NiO8P+. The first-order valence-corrected chi connectivity index (χ1v) is 1.28. The van der Waals surface area contributed by atoms with Gasteiger partial charge in [-0.3, -0.25) is 0 Å². The van der Waals surface area contributed by atoms with E-state index in [0.717, 1.165) is 0 Å². The number of hydrogen-bond acceptors (Lipinski definition) is 1. The molecule has 0 rings (SSSR count). The van der Waals surface area contributed by atoms with Gasteiger partial charge in [-0.05, 0) is 4.57 Å². The van der Waals surface area contributed by atoms with E-state index in [4.69, 9.17) is 9.46 Å². The van der Waals surface area contributed by atoms with Crippen LogP contribution in [0.3, 0.4) is 0 Å². The molecule has 0 radical (unpaired) electrons. The van der Waals surface area contributed by atoms with Gasteiger partial charge in [0.15, 0.2) is 0 Å². The molecule has 13 N–H and O–H groups in total. The van der Waals surface area contributed by atoms with Crippen LogP contribution in [-0.4, -0.2) is 37.8 Å². The molecular weight excluding hydrogens is 218 g/mol. The van der Waals surface area contributed by atoms with E-state index in [1.54, 1.807) is 0 Å². The summed E-state index contributed by atoms with van der Waals surface area (Å²) in [5, 5.41) is 0. The molecule has 0 aromatic rings. The molecule has 0 saturated carbocycles. The Bertz CT molecular complexity index is 16.7. The summed E-state index contributed by atoms with van der Waals surface area (Å²) in [6.45, 7) is 0. The maximum atomic E-state index is 8.51. The number of hydrogen-bond donors (Lipinski definition) is 1. The maximum absolute atomic E-state index is 8.51. The predicted molar refractivity (Wildman–Crippen MR) is 32.9 cm³/mol. The molecule has 0 saturated heterocycles. The molecule has 0 bridgehead atoms. The molecule has 0 aliphatic carbocycles. The Balaban J connectivity index is -0.000000000952. The van der Waals surface area contributed by atoms with E-state index in [1.165, 1.54) is 0 Å². The molecule has 10 heteroatoms. The van der Waals surface area contributed by atoms with E-state index in [-0.39, 0.29) is 49.3 Å². The standard InChI is InChI=1S/Ni.HO2P.6H2O/c;1-3-2;;;;;;/h;3H;6*1H2/p+1. The normalized spacial score (nSPS) is 2.10. The Morgan fingerprint density at radius 1 is 0.800 bits per heavy atom. The van der Waals surface area contributed by atoms with Crippen molar-refractivity contribution < 1.29 is 58.8 Å². The first-order valence-electron chi connectivity index (χ1n) is 0.428. The van der Waals surface area contributed by atoms with Crippen molar-refractivity contribution in [3.8, 4) is 0 Å². The number of rotatable bonds is 0. The molecule has 0 amide bonds. The summed E-state index contributed by atoms with van der Waals surface area (Å²) in [6, 6.07) is 0. The fraction of sp³-hybridized carbons (Fsp3) is 0. The van der Waals surface area contributed by atoms with Crippen LogP contribution in [0, 0.1) is 0 Å². The van der Waals surface area contributed by atoms with Crippen LogP contribution in [0.25, 0.3) is 0 Å². The van der Waals surface area contributed by atoms with Gasteiger partial charge < -0.3 is 32.9 Å². The second-order valence-corrected chi connectivity index (χ2v) is 0.274. The second kappa shape index (κ2) is 373. The van der Waals surface area contributed by atoms with Gasteiger partial charge in [0.05, 0.1) is 0 Å². The van der Waals surface area contributed by atoms with Crippen molar-refractivity contribution in [2.75, 3.05) is 0 Å². The van der Waals surface area contributed by atoms with Gasteiger partial charge in [-0.15, -0.1) is 0 Å². The Labute approximate surface area is 68.3 Å². The molecule has 1 unspecified atom stereocenters. The van der Waals surface area contributed by atoms with Crippen molar-refractivity contribution >= 4 is 8.69 Å². The molecule has 0 fully saturated rings. The summed E-state index contributed by atoms with van der Waals surface area (Å²) in [4.78, 5) is 7.04. The van der Waals surface area contributed by atoms with E-state index >= 15 is 0 Å². The minimum absolute atomic E-state index is 0. The van der Waals surface area contributed by atoms with Crippen LogP contribution in [0.2, 0.25) is 0 Å². The molecule has 0 aromatic carbocycles. The average molecular weight is 232 g/mol. The van der Waals surface area contributed by atoms with Gasteiger partial charge >= 0.3 is 8.69 Å². The topological polar surface area (TPSA) is 226 Å². The molecule has 1 atom stereocenters. The van der Waals surface area contributed by atoms with Crippen molar-refractivity contribution in [3.05, 3.63) is 0 Å². The second-order valence-electron chi connectivity index (χ2n) is 0.0913. The SMILES string of the molecule is O.O.O.O.O.O.O=[PH+]O.[Ni]. The summed E-state index contributed by atoms with van der Waals surface area (Å²) >= 11 is 0. The van der Waals surface area contributed by atoms with E-state index in [0.29, 0.717) is 0 Å². The minimum Gasteiger partial charge on any atom is -0.412 e. The Kier molecular flexibility index (Phi) is 6240. The minimum atomic E-state index is -1.17. The fourth-order valence-electron chi connectivity index (χ4n) is 0. The smallest absolute Gasteiger partial charge is 0.412 e. The molecule has 0 aliphatic heterocycles. The molecule has 0 aromatic heterocycles. The monoisotopic (exact) mass is 231 g/mol. The quantitative estimate of drug-likeness (QED) is 0.319. The van der Waals surface area contributed by atoms with Gasteiger partial charge in [0.1, 0.15) is 0 Å². The van der Waals surface area contributed by atoms with Crippen molar-refractivity contribution in [1.29, 1.82) is 0 Å². The molecule has 10 heavy (non-hydrogen) atoms. The van der Waals surface area contributed by atoms with Crippen LogP contribution in [0.15, 0.2) is 0 Å². The molecule has 76 valence electrons. The predicted octanol–water partition coefficient (Wildman–Crippen LogP) is -5.03. The largest absolute Gasteiger partial charge is 0.491 e. The van der Waals surface area contributed by atoms with Gasteiger partial charge in [0.25, 0.3) is 0 Å². The molecule has 0 aliphatic rings. The zero-order valence-electron chi connectivity index (χ0n) is 4.67. The van der Waals surface area contributed by atoms with E-state index in [9.17, 15) is 0 Å². The maximum Gasteiger partial charge on any atom is 0.491 e. The van der Waals surface area contributed by atoms with E-state index < -0.39 is 8.69 Å². The summed E-state index contributed by atoms with van der Waals surface area (Å²) in [5.74, 6) is 0. The van der Waals surface area contributed by atoms with Gasteiger partial charge in [-0.25, -0.2) is 0 Å². The summed E-state index contributed by atoms with van der Waals surface area (Å²) < 4.78 is 8.51. The van der Waals surface area contributed by atoms with Crippen molar-refractivity contribution in [2.45, 2.75) is 0 Å². The van der Waals surface area contributed by atoms with Crippen LogP contribution >= 0.6 is 8.69 Å². The summed E-state index contributed by atoms with van der Waals surface area (Å²) in [7, 11) is -1.17. The van der Waals surface area contributed by atoms with E-state index in [1.807, 2.05) is 0 Å². The Morgan fingerprint density at radius 3 is 0.800 bits per heavy atom. The Hall–Kier alpha value is 0.314. The van der Waals surface area contributed by atoms with Crippen molar-refractivity contribution in [3.63, 3.8) is 0 Å². The average Bonchev–Trinajstić information content (AvgIpc) is 0.918. The third-order valence-corrected chi connectivity index (χ3v) is 0. The van der Waals surface area contributed by atoms with Crippen LogP contribution in [0.4, 0.5) is 0 Å². The van der Waals surface area contributed by atoms with Gasteiger partial charge in [0.2, 0.25) is 0 Å². The molecule has 8 nitrogen and oxygen atoms in total. The summed E-state index contributed by atoms with van der Waals surface area (Å²) in [6.07, 6.45) is 0. The van der Waals surface area contributed by atoms with Crippen LogP contribution in [0.1, 0.15) is 0 Å². The molecule has 0 heterocycles. The zero-order valence-corrected chi connectivity index (χ0v) is 6.66. The van der Waals surface area contributed by atoms with Crippen LogP contribution < -0.4 is 0 Å². The fourth-order valence-corrected chi connectivity index (χ4v) is 0. The van der Waals surface area contributed by atoms with Gasteiger partial charge in [-0.2, -0.15) is 4.89 Å². The van der Waals surface area contributed by atoms with Gasteiger partial charge in [0, 0.05) is 16.5 Å². The Morgan fingerprint density at radius 2 is 0.800 bits per heavy atom. The van der Waals surface area contributed by atoms with E-state index in [2.05, 4.69) is 0 Å². The third-order valence-electron chi connectivity index (χ3n) is 0.